The molecular weight excluding hydrogens is 208 g/mol. The molecule has 2 heteroatoms. The summed E-state index contributed by atoms with van der Waals surface area (Å²) in [5, 5.41) is 3.63. The molecule has 2 heterocycles. The maximum Gasteiger partial charge on any atom is 0.137 e. The third-order valence-electron chi connectivity index (χ3n) is 3.19. The van der Waals surface area contributed by atoms with Crippen LogP contribution in [0.1, 0.15) is 0 Å². The van der Waals surface area contributed by atoms with Crippen LogP contribution in [-0.4, -0.2) is 9.38 Å². The van der Waals surface area contributed by atoms with Crippen molar-refractivity contribution in [3.05, 3.63) is 60.9 Å². The van der Waals surface area contributed by atoms with E-state index >= 15 is 0 Å². The maximum absolute atomic E-state index is 4.73. The molecule has 2 aromatic heterocycles. The summed E-state index contributed by atoms with van der Waals surface area (Å²) < 4.78 is 2.05. The monoisotopic (exact) mass is 218 g/mol. The minimum atomic E-state index is 0.994. The second-order valence-electron chi connectivity index (χ2n) is 4.24. The van der Waals surface area contributed by atoms with Crippen LogP contribution in [0.15, 0.2) is 60.9 Å². The van der Waals surface area contributed by atoms with Gasteiger partial charge in [0.05, 0.1) is 5.52 Å². The van der Waals surface area contributed by atoms with Gasteiger partial charge in [0.15, 0.2) is 0 Å². The molecule has 0 saturated carbocycles. The highest BCUT2D eigenvalue weighted by atomic mass is 15.0. The van der Waals surface area contributed by atoms with Gasteiger partial charge in [0.2, 0.25) is 0 Å². The number of hydrogen-bond donors (Lipinski definition) is 0. The Morgan fingerprint density at radius 2 is 1.71 bits per heavy atom. The molecule has 0 atom stereocenters. The van der Waals surface area contributed by atoms with Gasteiger partial charge >= 0.3 is 0 Å². The minimum Gasteiger partial charge on any atom is -0.308 e. The summed E-state index contributed by atoms with van der Waals surface area (Å²) in [5.41, 5.74) is 2.07. The van der Waals surface area contributed by atoms with Crippen molar-refractivity contribution in [3.8, 4) is 0 Å². The second kappa shape index (κ2) is 3.08. The van der Waals surface area contributed by atoms with Gasteiger partial charge in [-0.2, -0.15) is 0 Å². The summed E-state index contributed by atoms with van der Waals surface area (Å²) in [4.78, 5) is 4.73. The molecule has 0 bridgehead atoms. The molecule has 0 unspecified atom stereocenters. The smallest absolute Gasteiger partial charge is 0.137 e. The van der Waals surface area contributed by atoms with Crippen LogP contribution >= 0.6 is 0 Å². The SMILES string of the molecule is c1ccc2c(c1)ccc1cn3cccc3nc12. The average molecular weight is 218 g/mol. The standard InChI is InChI=1S/C15H10N2/c1-2-5-13-11(4-1)7-8-12-10-17-9-3-6-14(17)16-15(12)13/h1-10H. The molecule has 0 aliphatic rings. The molecule has 0 N–H and O–H groups in total. The van der Waals surface area contributed by atoms with Crippen molar-refractivity contribution >= 4 is 27.3 Å². The van der Waals surface area contributed by atoms with Gasteiger partial charge in [-0.3, -0.25) is 0 Å². The molecule has 17 heavy (non-hydrogen) atoms. The molecule has 0 spiro atoms. The van der Waals surface area contributed by atoms with Crippen LogP contribution in [0.25, 0.3) is 27.3 Å². The number of fused-ring (bicyclic) bond motifs is 4. The van der Waals surface area contributed by atoms with Gasteiger partial charge in [-0.25, -0.2) is 4.98 Å². The third kappa shape index (κ3) is 1.18. The van der Waals surface area contributed by atoms with E-state index in [4.69, 9.17) is 4.98 Å². The Hall–Kier alpha value is -2.35. The number of nitrogens with zero attached hydrogens (tertiary/aromatic N) is 2. The molecular formula is C15H10N2. The maximum atomic E-state index is 4.73. The van der Waals surface area contributed by atoms with E-state index in [0.717, 1.165) is 11.2 Å². The van der Waals surface area contributed by atoms with Crippen LogP contribution < -0.4 is 0 Å². The first-order chi connectivity index (χ1) is 8.42. The van der Waals surface area contributed by atoms with Crippen LogP contribution in [0.4, 0.5) is 0 Å². The lowest BCUT2D eigenvalue weighted by atomic mass is 10.1. The van der Waals surface area contributed by atoms with Gasteiger partial charge in [0, 0.05) is 23.2 Å². The molecule has 80 valence electrons. The predicted octanol–water partition coefficient (Wildman–Crippen LogP) is 3.64. The fourth-order valence-corrected chi connectivity index (χ4v) is 2.35. The third-order valence-corrected chi connectivity index (χ3v) is 3.19. The van der Waals surface area contributed by atoms with Crippen LogP contribution in [0.3, 0.4) is 0 Å². The zero-order chi connectivity index (χ0) is 11.2. The van der Waals surface area contributed by atoms with Crippen LogP contribution in [0.5, 0.6) is 0 Å². The highest BCUT2D eigenvalue weighted by Crippen LogP contribution is 2.24. The molecule has 0 amide bonds. The van der Waals surface area contributed by atoms with Crippen LogP contribution in [0, 0.1) is 0 Å². The normalized spacial score (nSPS) is 11.5. The summed E-state index contributed by atoms with van der Waals surface area (Å²) in [6, 6.07) is 16.7. The summed E-state index contributed by atoms with van der Waals surface area (Å²) >= 11 is 0. The number of rotatable bonds is 0. The number of benzene rings is 2. The van der Waals surface area contributed by atoms with E-state index in [9.17, 15) is 0 Å². The fourth-order valence-electron chi connectivity index (χ4n) is 2.35. The molecule has 0 aliphatic carbocycles. The molecule has 0 aliphatic heterocycles. The Labute approximate surface area is 98.1 Å². The van der Waals surface area contributed by atoms with E-state index in [2.05, 4.69) is 47.0 Å². The Bertz CT molecular complexity index is 843. The molecule has 0 radical (unpaired) electrons. The van der Waals surface area contributed by atoms with Crippen LogP contribution in [0.2, 0.25) is 0 Å². The lowest BCUT2D eigenvalue weighted by Gasteiger charge is -2.04. The first-order valence-electron chi connectivity index (χ1n) is 5.67. The quantitative estimate of drug-likeness (QED) is 0.412. The van der Waals surface area contributed by atoms with E-state index in [-0.39, 0.29) is 0 Å². The van der Waals surface area contributed by atoms with Gasteiger partial charge in [-0.1, -0.05) is 36.4 Å². The summed E-state index contributed by atoms with van der Waals surface area (Å²) in [7, 11) is 0. The van der Waals surface area contributed by atoms with Crippen molar-refractivity contribution in [2.45, 2.75) is 0 Å². The lowest BCUT2D eigenvalue weighted by molar-refractivity contribution is 1.17. The van der Waals surface area contributed by atoms with E-state index in [1.54, 1.807) is 0 Å². The number of hydrogen-bond acceptors (Lipinski definition) is 1. The predicted molar refractivity (Wildman–Crippen MR) is 70.2 cm³/mol. The van der Waals surface area contributed by atoms with Crippen molar-refractivity contribution < 1.29 is 0 Å². The Morgan fingerprint density at radius 1 is 0.824 bits per heavy atom. The van der Waals surface area contributed by atoms with Crippen molar-refractivity contribution in [2.75, 3.05) is 0 Å². The largest absolute Gasteiger partial charge is 0.308 e. The van der Waals surface area contributed by atoms with E-state index in [1.807, 2.05) is 18.3 Å². The summed E-state index contributed by atoms with van der Waals surface area (Å²) in [6.07, 6.45) is 4.15. The average Bonchev–Trinajstić information content (AvgIpc) is 2.83. The lowest BCUT2D eigenvalue weighted by Crippen LogP contribution is -1.88. The molecule has 4 rings (SSSR count). The van der Waals surface area contributed by atoms with E-state index < -0.39 is 0 Å². The molecule has 0 saturated heterocycles. The van der Waals surface area contributed by atoms with Crippen molar-refractivity contribution in [3.63, 3.8) is 0 Å². The van der Waals surface area contributed by atoms with Gasteiger partial charge in [0.1, 0.15) is 5.65 Å². The first kappa shape index (κ1) is 8.76. The topological polar surface area (TPSA) is 17.3 Å². The Balaban J connectivity index is 2.30. The zero-order valence-electron chi connectivity index (χ0n) is 9.17. The van der Waals surface area contributed by atoms with Crippen molar-refractivity contribution in [1.29, 1.82) is 0 Å². The summed E-state index contributed by atoms with van der Waals surface area (Å²) in [5.74, 6) is 0. The Morgan fingerprint density at radius 3 is 2.71 bits per heavy atom. The first-order valence-corrected chi connectivity index (χ1v) is 5.67. The van der Waals surface area contributed by atoms with Crippen molar-refractivity contribution in [1.82, 2.24) is 9.38 Å². The van der Waals surface area contributed by atoms with E-state index in [1.165, 1.54) is 16.2 Å². The molecule has 4 aromatic rings. The molecule has 0 fully saturated rings. The second-order valence-corrected chi connectivity index (χ2v) is 4.24. The van der Waals surface area contributed by atoms with Crippen molar-refractivity contribution in [2.24, 2.45) is 0 Å². The molecule has 2 nitrogen and oxygen atoms in total. The number of aromatic nitrogens is 2. The highest BCUT2D eigenvalue weighted by Gasteiger charge is 2.03. The highest BCUT2D eigenvalue weighted by molar-refractivity contribution is 6.05. The summed E-state index contributed by atoms with van der Waals surface area (Å²) in [6.45, 7) is 0. The van der Waals surface area contributed by atoms with Gasteiger partial charge in [-0.05, 0) is 17.5 Å². The fraction of sp³-hybridized carbons (Fsp3) is 0. The molecule has 2 aromatic carbocycles. The minimum absolute atomic E-state index is 0.994. The van der Waals surface area contributed by atoms with Gasteiger partial charge in [-0.15, -0.1) is 0 Å². The van der Waals surface area contributed by atoms with Crippen LogP contribution in [-0.2, 0) is 0 Å². The van der Waals surface area contributed by atoms with E-state index in [0.29, 0.717) is 0 Å². The van der Waals surface area contributed by atoms with Gasteiger partial charge < -0.3 is 4.40 Å². The Kier molecular flexibility index (Phi) is 1.59. The van der Waals surface area contributed by atoms with Gasteiger partial charge in [0.25, 0.3) is 0 Å². The zero-order valence-corrected chi connectivity index (χ0v) is 9.17.